The quantitative estimate of drug-likeness (QED) is 0.702. The average molecular weight is 381 g/mol. The van der Waals surface area contributed by atoms with Crippen LogP contribution in [0.2, 0.25) is 5.02 Å². The number of anilines is 1. The van der Waals surface area contributed by atoms with Crippen molar-refractivity contribution in [3.05, 3.63) is 88.3 Å². The van der Waals surface area contributed by atoms with E-state index in [1.54, 1.807) is 19.1 Å². The van der Waals surface area contributed by atoms with E-state index in [-0.39, 0.29) is 5.91 Å². The van der Waals surface area contributed by atoms with Crippen LogP contribution in [0.5, 0.6) is 0 Å². The van der Waals surface area contributed by atoms with Crippen LogP contribution in [0.1, 0.15) is 27.4 Å². The summed E-state index contributed by atoms with van der Waals surface area (Å²) in [7, 11) is 1.94. The number of carbonyl (C=O) groups is 1. The molecular formula is C21H21ClN4O. The molecule has 0 saturated heterocycles. The Morgan fingerprint density at radius 1 is 1.07 bits per heavy atom. The molecule has 0 radical (unpaired) electrons. The SMILES string of the molecule is Cc1nc(C(=O)NCc2ccccc2Cl)cc(N(C)Cc2ccccc2)n1. The minimum absolute atomic E-state index is 0.255. The minimum Gasteiger partial charge on any atom is -0.355 e. The third-order valence-electron chi connectivity index (χ3n) is 4.11. The van der Waals surface area contributed by atoms with Crippen LogP contribution < -0.4 is 10.2 Å². The van der Waals surface area contributed by atoms with E-state index in [1.165, 1.54) is 5.56 Å². The number of halogens is 1. The molecule has 1 amide bonds. The Balaban J connectivity index is 1.72. The molecule has 0 fully saturated rings. The molecule has 27 heavy (non-hydrogen) atoms. The second kappa shape index (κ2) is 8.64. The van der Waals surface area contributed by atoms with Crippen LogP contribution in [-0.4, -0.2) is 22.9 Å². The largest absolute Gasteiger partial charge is 0.355 e. The summed E-state index contributed by atoms with van der Waals surface area (Å²) >= 11 is 6.14. The lowest BCUT2D eigenvalue weighted by molar-refractivity contribution is 0.0945. The van der Waals surface area contributed by atoms with Crippen molar-refractivity contribution < 1.29 is 4.79 Å². The van der Waals surface area contributed by atoms with Gasteiger partial charge in [-0.1, -0.05) is 60.1 Å². The first-order valence-corrected chi connectivity index (χ1v) is 9.03. The number of aromatic nitrogens is 2. The van der Waals surface area contributed by atoms with Crippen LogP contribution in [0.4, 0.5) is 5.82 Å². The highest BCUT2D eigenvalue weighted by molar-refractivity contribution is 6.31. The van der Waals surface area contributed by atoms with E-state index in [9.17, 15) is 4.79 Å². The lowest BCUT2D eigenvalue weighted by atomic mass is 10.2. The van der Waals surface area contributed by atoms with Gasteiger partial charge in [-0.15, -0.1) is 0 Å². The fourth-order valence-corrected chi connectivity index (χ4v) is 2.91. The molecule has 0 aliphatic rings. The molecule has 0 saturated carbocycles. The Kier molecular flexibility index (Phi) is 6.04. The van der Waals surface area contributed by atoms with Gasteiger partial charge in [0.15, 0.2) is 0 Å². The van der Waals surface area contributed by atoms with Crippen molar-refractivity contribution in [3.63, 3.8) is 0 Å². The number of aryl methyl sites for hydroxylation is 1. The monoisotopic (exact) mass is 380 g/mol. The first-order chi connectivity index (χ1) is 13.0. The summed E-state index contributed by atoms with van der Waals surface area (Å²) in [6, 6.07) is 19.2. The van der Waals surface area contributed by atoms with Crippen LogP contribution in [0.25, 0.3) is 0 Å². The molecule has 138 valence electrons. The number of nitrogens with one attached hydrogen (secondary N) is 1. The summed E-state index contributed by atoms with van der Waals surface area (Å²) in [5.41, 5.74) is 2.37. The zero-order valence-corrected chi connectivity index (χ0v) is 16.1. The predicted molar refractivity (Wildman–Crippen MR) is 108 cm³/mol. The highest BCUT2D eigenvalue weighted by Gasteiger charge is 2.13. The van der Waals surface area contributed by atoms with Gasteiger partial charge in [-0.2, -0.15) is 0 Å². The Labute approximate surface area is 164 Å². The van der Waals surface area contributed by atoms with Crippen LogP contribution in [0, 0.1) is 6.92 Å². The summed E-state index contributed by atoms with van der Waals surface area (Å²) in [6.07, 6.45) is 0. The average Bonchev–Trinajstić information content (AvgIpc) is 2.67. The molecule has 0 atom stereocenters. The number of amides is 1. The maximum Gasteiger partial charge on any atom is 0.270 e. The summed E-state index contributed by atoms with van der Waals surface area (Å²) < 4.78 is 0. The van der Waals surface area contributed by atoms with Gasteiger partial charge in [-0.25, -0.2) is 9.97 Å². The topological polar surface area (TPSA) is 58.1 Å². The maximum atomic E-state index is 12.6. The van der Waals surface area contributed by atoms with Crippen molar-refractivity contribution in [3.8, 4) is 0 Å². The molecule has 1 N–H and O–H groups in total. The van der Waals surface area contributed by atoms with Gasteiger partial charge in [-0.3, -0.25) is 4.79 Å². The smallest absolute Gasteiger partial charge is 0.270 e. The van der Waals surface area contributed by atoms with Crippen molar-refractivity contribution in [1.29, 1.82) is 0 Å². The standard InChI is InChI=1S/C21H21ClN4O/c1-15-24-19(21(27)23-13-17-10-6-7-11-18(17)22)12-20(25-15)26(2)14-16-8-4-3-5-9-16/h3-12H,13-14H2,1-2H3,(H,23,27). The Hall–Kier alpha value is -2.92. The highest BCUT2D eigenvalue weighted by Crippen LogP contribution is 2.16. The number of rotatable bonds is 6. The van der Waals surface area contributed by atoms with Gasteiger partial charge < -0.3 is 10.2 Å². The molecule has 3 rings (SSSR count). The van der Waals surface area contributed by atoms with E-state index >= 15 is 0 Å². The van der Waals surface area contributed by atoms with E-state index < -0.39 is 0 Å². The lowest BCUT2D eigenvalue weighted by Gasteiger charge is -2.19. The van der Waals surface area contributed by atoms with E-state index in [0.717, 1.165) is 5.56 Å². The molecule has 0 aliphatic heterocycles. The minimum atomic E-state index is -0.255. The Morgan fingerprint density at radius 3 is 2.52 bits per heavy atom. The number of benzene rings is 2. The van der Waals surface area contributed by atoms with Gasteiger partial charge in [-0.05, 0) is 24.1 Å². The third kappa shape index (κ3) is 5.05. The van der Waals surface area contributed by atoms with Crippen LogP contribution in [0.3, 0.4) is 0 Å². The van der Waals surface area contributed by atoms with E-state index in [1.807, 2.05) is 48.3 Å². The first kappa shape index (κ1) is 18.9. The molecule has 0 aliphatic carbocycles. The molecule has 2 aromatic carbocycles. The fourth-order valence-electron chi connectivity index (χ4n) is 2.71. The van der Waals surface area contributed by atoms with Gasteiger partial charge in [0.2, 0.25) is 0 Å². The molecule has 0 spiro atoms. The molecule has 1 heterocycles. The molecule has 6 heteroatoms. The second-order valence-corrected chi connectivity index (χ2v) is 6.68. The van der Waals surface area contributed by atoms with E-state index in [2.05, 4.69) is 27.4 Å². The van der Waals surface area contributed by atoms with Gasteiger partial charge >= 0.3 is 0 Å². The fraction of sp³-hybridized carbons (Fsp3) is 0.190. The molecule has 5 nitrogen and oxygen atoms in total. The van der Waals surface area contributed by atoms with Gasteiger partial charge in [0, 0.05) is 31.2 Å². The maximum absolute atomic E-state index is 12.6. The summed E-state index contributed by atoms with van der Waals surface area (Å²) in [5.74, 6) is 0.999. The molecule has 3 aromatic rings. The Morgan fingerprint density at radius 2 is 1.78 bits per heavy atom. The van der Waals surface area contributed by atoms with Crippen LogP contribution >= 0.6 is 11.6 Å². The predicted octanol–water partition coefficient (Wildman–Crippen LogP) is 4.00. The van der Waals surface area contributed by atoms with Crippen molar-refractivity contribution >= 4 is 23.3 Å². The van der Waals surface area contributed by atoms with Crippen molar-refractivity contribution in [2.45, 2.75) is 20.0 Å². The summed E-state index contributed by atoms with van der Waals surface area (Å²) in [6.45, 7) is 2.82. The van der Waals surface area contributed by atoms with Crippen LogP contribution in [-0.2, 0) is 13.1 Å². The number of nitrogens with zero attached hydrogens (tertiary/aromatic N) is 3. The second-order valence-electron chi connectivity index (χ2n) is 6.27. The number of carbonyl (C=O) groups excluding carboxylic acids is 1. The highest BCUT2D eigenvalue weighted by atomic mass is 35.5. The first-order valence-electron chi connectivity index (χ1n) is 8.65. The van der Waals surface area contributed by atoms with Gasteiger partial charge in [0.1, 0.15) is 17.3 Å². The molecule has 0 unspecified atom stereocenters. The molecular weight excluding hydrogens is 360 g/mol. The zero-order chi connectivity index (χ0) is 19.2. The number of hydrogen-bond donors (Lipinski definition) is 1. The lowest BCUT2D eigenvalue weighted by Crippen LogP contribution is -2.26. The molecule has 1 aromatic heterocycles. The van der Waals surface area contributed by atoms with Crippen molar-refractivity contribution in [2.75, 3.05) is 11.9 Å². The van der Waals surface area contributed by atoms with Crippen molar-refractivity contribution in [1.82, 2.24) is 15.3 Å². The normalized spacial score (nSPS) is 10.5. The molecule has 0 bridgehead atoms. The Bertz CT molecular complexity index is 930. The third-order valence-corrected chi connectivity index (χ3v) is 4.48. The van der Waals surface area contributed by atoms with Crippen LogP contribution in [0.15, 0.2) is 60.7 Å². The number of hydrogen-bond acceptors (Lipinski definition) is 4. The zero-order valence-electron chi connectivity index (χ0n) is 15.3. The summed E-state index contributed by atoms with van der Waals surface area (Å²) in [5, 5.41) is 3.49. The van der Waals surface area contributed by atoms with Gasteiger partial charge in [0.25, 0.3) is 5.91 Å². The van der Waals surface area contributed by atoms with Crippen molar-refractivity contribution in [2.24, 2.45) is 0 Å². The van der Waals surface area contributed by atoms with Gasteiger partial charge in [0.05, 0.1) is 0 Å². The summed E-state index contributed by atoms with van der Waals surface area (Å²) in [4.78, 5) is 23.3. The van der Waals surface area contributed by atoms with E-state index in [4.69, 9.17) is 11.6 Å². The van der Waals surface area contributed by atoms with E-state index in [0.29, 0.717) is 35.4 Å².